The minimum absolute atomic E-state index is 0.157. The van der Waals surface area contributed by atoms with E-state index in [9.17, 15) is 13.2 Å². The number of anilines is 1. The van der Waals surface area contributed by atoms with Crippen molar-refractivity contribution in [2.45, 2.75) is 6.18 Å². The van der Waals surface area contributed by atoms with Gasteiger partial charge in [-0.2, -0.15) is 13.2 Å². The van der Waals surface area contributed by atoms with Crippen LogP contribution in [0.25, 0.3) is 0 Å². The van der Waals surface area contributed by atoms with Crippen LogP contribution in [0, 0.1) is 0 Å². The van der Waals surface area contributed by atoms with Gasteiger partial charge in [-0.25, -0.2) is 4.99 Å². The number of allylic oxidation sites excluding steroid dienone is 2. The van der Waals surface area contributed by atoms with Gasteiger partial charge in [0.15, 0.2) is 0 Å². The summed E-state index contributed by atoms with van der Waals surface area (Å²) in [5.74, 6) is 0. The molecule has 1 N–H and O–H groups in total. The van der Waals surface area contributed by atoms with Crippen molar-refractivity contribution in [3.63, 3.8) is 0 Å². The summed E-state index contributed by atoms with van der Waals surface area (Å²) in [6.45, 7) is 0. The first-order chi connectivity index (χ1) is 10.3. The number of rotatable bonds is 1. The summed E-state index contributed by atoms with van der Waals surface area (Å²) in [5.41, 5.74) is -0.235. The third kappa shape index (κ3) is 2.99. The number of aliphatic imine (C=N–C) groups is 1. The fourth-order valence-electron chi connectivity index (χ4n) is 1.91. The highest BCUT2D eigenvalue weighted by molar-refractivity contribution is 7.12. The molecular formula is C14H7Cl2F3N2S. The van der Waals surface area contributed by atoms with Gasteiger partial charge in [0.25, 0.3) is 0 Å². The molecule has 0 saturated heterocycles. The summed E-state index contributed by atoms with van der Waals surface area (Å²) in [4.78, 5) is 4.92. The number of thiophene rings is 1. The predicted molar refractivity (Wildman–Crippen MR) is 84.7 cm³/mol. The van der Waals surface area contributed by atoms with Crippen molar-refractivity contribution in [3.8, 4) is 0 Å². The van der Waals surface area contributed by atoms with E-state index in [2.05, 4.69) is 10.3 Å². The number of benzene rings is 1. The number of fused-ring (bicyclic) bond motifs is 1. The van der Waals surface area contributed by atoms with E-state index >= 15 is 0 Å². The molecule has 2 heterocycles. The zero-order chi connectivity index (χ0) is 15.9. The Hall–Kier alpha value is -1.50. The fourth-order valence-corrected chi connectivity index (χ4v) is 2.92. The van der Waals surface area contributed by atoms with E-state index in [4.69, 9.17) is 23.2 Å². The Kier molecular flexibility index (Phi) is 3.92. The van der Waals surface area contributed by atoms with Crippen LogP contribution in [0.15, 0.2) is 46.4 Å². The number of alkyl halides is 3. The Balaban J connectivity index is 2.21. The van der Waals surface area contributed by atoms with E-state index in [0.717, 1.165) is 6.08 Å². The zero-order valence-corrected chi connectivity index (χ0v) is 13.0. The number of nitrogens with one attached hydrogen (secondary N) is 1. The summed E-state index contributed by atoms with van der Waals surface area (Å²) in [6.07, 6.45) is -3.56. The van der Waals surface area contributed by atoms with E-state index in [0.29, 0.717) is 10.6 Å². The van der Waals surface area contributed by atoms with Crippen molar-refractivity contribution in [3.05, 3.63) is 56.3 Å². The van der Waals surface area contributed by atoms with Crippen LogP contribution < -0.4 is 5.32 Å². The van der Waals surface area contributed by atoms with E-state index in [-0.39, 0.29) is 21.4 Å². The maximum Gasteiger partial charge on any atom is 0.431 e. The summed E-state index contributed by atoms with van der Waals surface area (Å²) < 4.78 is 39.5. The summed E-state index contributed by atoms with van der Waals surface area (Å²) in [5, 5.41) is 4.50. The number of nitrogens with zero attached hydrogens (tertiary/aromatic N) is 1. The first-order valence-electron chi connectivity index (χ1n) is 6.02. The fraction of sp³-hybridized carbons (Fsp3) is 0.0714. The van der Waals surface area contributed by atoms with Gasteiger partial charge in [-0.3, -0.25) is 0 Å². The summed E-state index contributed by atoms with van der Waals surface area (Å²) >= 11 is 13.1. The lowest BCUT2D eigenvalue weighted by atomic mass is 10.2. The molecule has 0 aliphatic carbocycles. The van der Waals surface area contributed by atoms with Crippen LogP contribution in [-0.4, -0.2) is 11.9 Å². The highest BCUT2D eigenvalue weighted by atomic mass is 35.5. The molecule has 2 aromatic rings. The number of hydrogen-bond donors (Lipinski definition) is 1. The Morgan fingerprint density at radius 2 is 1.86 bits per heavy atom. The molecule has 2 nitrogen and oxygen atoms in total. The lowest BCUT2D eigenvalue weighted by molar-refractivity contribution is -0.0901. The van der Waals surface area contributed by atoms with Gasteiger partial charge in [0.2, 0.25) is 0 Å². The van der Waals surface area contributed by atoms with Crippen LogP contribution in [0.4, 0.5) is 24.5 Å². The van der Waals surface area contributed by atoms with Crippen molar-refractivity contribution < 1.29 is 13.2 Å². The lowest BCUT2D eigenvalue weighted by Crippen LogP contribution is -2.19. The summed E-state index contributed by atoms with van der Waals surface area (Å²) in [7, 11) is 0. The molecule has 1 aromatic heterocycles. The molecule has 0 fully saturated rings. The van der Waals surface area contributed by atoms with Gasteiger partial charge < -0.3 is 5.32 Å². The van der Waals surface area contributed by atoms with E-state index < -0.39 is 11.9 Å². The Labute approximate surface area is 137 Å². The Morgan fingerprint density at radius 1 is 1.14 bits per heavy atom. The average Bonchev–Trinajstić information content (AvgIpc) is 2.88. The molecule has 8 heteroatoms. The van der Waals surface area contributed by atoms with Crippen LogP contribution in [0.3, 0.4) is 0 Å². The van der Waals surface area contributed by atoms with Crippen molar-refractivity contribution in [1.29, 1.82) is 0 Å². The number of hydrogen-bond acceptors (Lipinski definition) is 3. The van der Waals surface area contributed by atoms with Crippen molar-refractivity contribution in [1.82, 2.24) is 0 Å². The maximum absolute atomic E-state index is 13.2. The maximum atomic E-state index is 13.2. The molecule has 0 unspecified atom stereocenters. The third-order valence-electron chi connectivity index (χ3n) is 2.91. The zero-order valence-electron chi connectivity index (χ0n) is 10.7. The van der Waals surface area contributed by atoms with Gasteiger partial charge in [-0.1, -0.05) is 29.3 Å². The van der Waals surface area contributed by atoms with Gasteiger partial charge in [0, 0.05) is 0 Å². The third-order valence-corrected chi connectivity index (χ3v) is 4.52. The van der Waals surface area contributed by atoms with Crippen LogP contribution in [0.1, 0.15) is 4.88 Å². The highest BCUT2D eigenvalue weighted by Crippen LogP contribution is 2.39. The largest absolute Gasteiger partial charge is 0.431 e. The molecule has 1 aliphatic heterocycles. The van der Waals surface area contributed by atoms with E-state index in [1.807, 2.05) is 0 Å². The molecule has 0 amide bonds. The van der Waals surface area contributed by atoms with Crippen LogP contribution in [0.5, 0.6) is 0 Å². The molecule has 0 radical (unpaired) electrons. The summed E-state index contributed by atoms with van der Waals surface area (Å²) in [6, 6.07) is 6.22. The minimum atomic E-state index is -4.54. The predicted octanol–water partition coefficient (Wildman–Crippen LogP) is 6.05. The minimum Gasteiger partial charge on any atom is -0.350 e. The molecule has 1 aromatic carbocycles. The molecule has 114 valence electrons. The molecular weight excluding hydrogens is 356 g/mol. The molecule has 1 aliphatic rings. The quantitative estimate of drug-likeness (QED) is 0.656. The number of halogens is 5. The SMILES string of the molecule is FC(F)(F)C1=CC(c2cccs2)=Nc2cc(Cl)c(Cl)cc2N1. The van der Waals surface area contributed by atoms with Gasteiger partial charge in [0.1, 0.15) is 5.70 Å². The second-order valence-corrected chi connectivity index (χ2v) is 6.20. The molecule has 3 rings (SSSR count). The average molecular weight is 363 g/mol. The Bertz CT molecular complexity index is 780. The molecule has 0 atom stereocenters. The standard InChI is InChI=1S/C14H7Cl2F3N2S/c15-7-4-9-10(5-8(7)16)21-13(14(17,18)19)6-11(20-9)12-2-1-3-22-12/h1-6,21H. The first kappa shape index (κ1) is 15.4. The normalized spacial score (nSPS) is 14.6. The molecule has 0 saturated carbocycles. The Morgan fingerprint density at radius 3 is 2.50 bits per heavy atom. The second-order valence-electron chi connectivity index (χ2n) is 4.44. The van der Waals surface area contributed by atoms with Crippen LogP contribution in [0.2, 0.25) is 10.0 Å². The van der Waals surface area contributed by atoms with E-state index in [1.165, 1.54) is 23.5 Å². The van der Waals surface area contributed by atoms with Crippen LogP contribution >= 0.6 is 34.5 Å². The van der Waals surface area contributed by atoms with Crippen molar-refractivity contribution in [2.75, 3.05) is 5.32 Å². The molecule has 0 bridgehead atoms. The van der Waals surface area contributed by atoms with Crippen molar-refractivity contribution >= 4 is 51.6 Å². The van der Waals surface area contributed by atoms with Crippen LogP contribution in [-0.2, 0) is 0 Å². The monoisotopic (exact) mass is 362 g/mol. The van der Waals surface area contributed by atoms with Gasteiger partial charge >= 0.3 is 6.18 Å². The molecule has 22 heavy (non-hydrogen) atoms. The lowest BCUT2D eigenvalue weighted by Gasteiger charge is -2.14. The van der Waals surface area contributed by atoms with Crippen molar-refractivity contribution in [2.24, 2.45) is 4.99 Å². The highest BCUT2D eigenvalue weighted by Gasteiger charge is 2.36. The van der Waals surface area contributed by atoms with Gasteiger partial charge in [-0.05, 0) is 29.7 Å². The molecule has 0 spiro atoms. The van der Waals surface area contributed by atoms with Gasteiger partial charge in [0.05, 0.1) is 32.0 Å². The second kappa shape index (κ2) is 5.61. The van der Waals surface area contributed by atoms with Gasteiger partial charge in [-0.15, -0.1) is 11.3 Å². The topological polar surface area (TPSA) is 24.4 Å². The first-order valence-corrected chi connectivity index (χ1v) is 7.65. The van der Waals surface area contributed by atoms with E-state index in [1.54, 1.807) is 17.5 Å². The smallest absolute Gasteiger partial charge is 0.350 e.